The molecule has 1 aromatic heterocycles. The zero-order valence-corrected chi connectivity index (χ0v) is 15.9. The van der Waals surface area contributed by atoms with Gasteiger partial charge in [-0.05, 0) is 67.0 Å². The maximum Gasteiger partial charge on any atom is 0.274 e. The van der Waals surface area contributed by atoms with E-state index in [0.29, 0.717) is 18.2 Å². The number of nitrogens with one attached hydrogen (secondary N) is 1. The van der Waals surface area contributed by atoms with Gasteiger partial charge < -0.3 is 10.4 Å². The highest BCUT2D eigenvalue weighted by atomic mass is 32.2. The van der Waals surface area contributed by atoms with Gasteiger partial charge in [-0.15, -0.1) is 0 Å². The van der Waals surface area contributed by atoms with Crippen molar-refractivity contribution in [3.05, 3.63) is 54.4 Å². The van der Waals surface area contributed by atoms with Gasteiger partial charge in [-0.25, -0.2) is 8.42 Å². The topological polar surface area (TPSA) is 99.6 Å². The number of amides is 1. The number of anilines is 1. The van der Waals surface area contributed by atoms with E-state index in [1.54, 1.807) is 30.3 Å². The Kier molecular flexibility index (Phi) is 4.04. The third kappa shape index (κ3) is 2.67. The van der Waals surface area contributed by atoms with Crippen LogP contribution in [0.25, 0.3) is 0 Å². The number of rotatable bonds is 4. The van der Waals surface area contributed by atoms with Crippen LogP contribution in [0.4, 0.5) is 5.69 Å². The summed E-state index contributed by atoms with van der Waals surface area (Å²) in [4.78, 5) is 16.4. The molecule has 1 aromatic carbocycles. The summed E-state index contributed by atoms with van der Waals surface area (Å²) in [5.74, 6) is 0.536. The molecule has 5 atom stereocenters. The number of aliphatic hydroxyl groups excluding tert-OH is 1. The molecule has 2 aliphatic carbocycles. The van der Waals surface area contributed by atoms with Crippen molar-refractivity contribution in [2.45, 2.75) is 29.9 Å². The summed E-state index contributed by atoms with van der Waals surface area (Å²) in [6.07, 6.45) is 2.83. The van der Waals surface area contributed by atoms with E-state index in [1.165, 1.54) is 22.6 Å². The average Bonchev–Trinajstić information content (AvgIpc) is 3.32. The molecular weight excluding hydrogens is 378 g/mol. The maximum absolute atomic E-state index is 13.2. The molecule has 0 spiro atoms. The zero-order chi connectivity index (χ0) is 19.5. The highest BCUT2D eigenvalue weighted by Gasteiger charge is 2.61. The molecule has 1 aliphatic heterocycles. The lowest BCUT2D eigenvalue weighted by molar-refractivity contribution is 0.0731. The Bertz CT molecular complexity index is 1010. The van der Waals surface area contributed by atoms with Gasteiger partial charge in [-0.3, -0.25) is 9.78 Å². The number of pyridine rings is 1. The highest BCUT2D eigenvalue weighted by molar-refractivity contribution is 7.89. The van der Waals surface area contributed by atoms with Crippen LogP contribution in [0, 0.1) is 17.8 Å². The Labute approximate surface area is 163 Å². The van der Waals surface area contributed by atoms with E-state index in [1.807, 2.05) is 0 Å². The van der Waals surface area contributed by atoms with Gasteiger partial charge in [0.1, 0.15) is 5.69 Å². The SMILES string of the molecule is O=C(Nc1ccc(S(=O)(=O)N2C[C@@H]3C[C@H]4C[C@H]3[C@@H]2[C@H]4O)cc1)c1ccccn1. The molecule has 2 N–H and O–H groups in total. The second-order valence-electron chi connectivity index (χ2n) is 7.90. The van der Waals surface area contributed by atoms with E-state index in [9.17, 15) is 18.3 Å². The van der Waals surface area contributed by atoms with Crippen molar-refractivity contribution in [1.29, 1.82) is 0 Å². The van der Waals surface area contributed by atoms with Crippen LogP contribution in [-0.4, -0.2) is 47.4 Å². The number of benzene rings is 1. The fourth-order valence-corrected chi connectivity index (χ4v) is 6.91. The molecule has 7 nitrogen and oxygen atoms in total. The fourth-order valence-electron chi connectivity index (χ4n) is 5.17. The number of fused-ring (bicyclic) bond motifs is 1. The summed E-state index contributed by atoms with van der Waals surface area (Å²) in [7, 11) is -3.68. The van der Waals surface area contributed by atoms with Crippen molar-refractivity contribution in [2.24, 2.45) is 17.8 Å². The number of carbonyl (C=O) groups is 1. The maximum atomic E-state index is 13.2. The summed E-state index contributed by atoms with van der Waals surface area (Å²) >= 11 is 0. The van der Waals surface area contributed by atoms with E-state index in [4.69, 9.17) is 0 Å². The normalized spacial score (nSPS) is 31.2. The summed E-state index contributed by atoms with van der Waals surface area (Å²) in [6.45, 7) is 0.489. The number of sulfonamides is 1. The van der Waals surface area contributed by atoms with Gasteiger partial charge in [0.2, 0.25) is 10.0 Å². The molecule has 28 heavy (non-hydrogen) atoms. The van der Waals surface area contributed by atoms with Crippen molar-refractivity contribution in [3.63, 3.8) is 0 Å². The van der Waals surface area contributed by atoms with Gasteiger partial charge in [0.05, 0.1) is 17.0 Å². The standard InChI is InChI=1S/C20H21N3O4S/c24-19-12-9-13-11-23(18(19)16(13)10-12)28(26,27)15-6-4-14(5-7-15)22-20(25)17-3-1-2-8-21-17/h1-8,12-13,16,18-19,24H,9-11H2,(H,22,25)/t12-,13-,16+,18+,19-/m0/s1. The molecule has 0 radical (unpaired) electrons. The van der Waals surface area contributed by atoms with E-state index in [2.05, 4.69) is 10.3 Å². The van der Waals surface area contributed by atoms with Gasteiger partial charge in [0.25, 0.3) is 5.91 Å². The summed E-state index contributed by atoms with van der Waals surface area (Å²) in [5, 5.41) is 13.2. The smallest absolute Gasteiger partial charge is 0.274 e. The summed E-state index contributed by atoms with van der Waals surface area (Å²) in [5.41, 5.74) is 0.786. The molecule has 5 rings (SSSR count). The Morgan fingerprint density at radius 1 is 1.11 bits per heavy atom. The average molecular weight is 399 g/mol. The first kappa shape index (κ1) is 17.8. The second kappa shape index (κ2) is 6.37. The zero-order valence-electron chi connectivity index (χ0n) is 15.1. The Morgan fingerprint density at radius 2 is 1.89 bits per heavy atom. The molecule has 146 valence electrons. The Morgan fingerprint density at radius 3 is 2.57 bits per heavy atom. The predicted octanol–water partition coefficient (Wildman–Crippen LogP) is 1.72. The Hall–Kier alpha value is -2.29. The third-order valence-electron chi connectivity index (χ3n) is 6.42. The van der Waals surface area contributed by atoms with Crippen molar-refractivity contribution >= 4 is 21.6 Å². The number of nitrogens with zero attached hydrogens (tertiary/aromatic N) is 2. The van der Waals surface area contributed by atoms with Crippen molar-refractivity contribution in [2.75, 3.05) is 11.9 Å². The van der Waals surface area contributed by atoms with Crippen molar-refractivity contribution < 1.29 is 18.3 Å². The largest absolute Gasteiger partial charge is 0.391 e. The first-order valence-corrected chi connectivity index (χ1v) is 10.9. The van der Waals surface area contributed by atoms with Crippen LogP contribution in [0.5, 0.6) is 0 Å². The highest BCUT2D eigenvalue weighted by Crippen LogP contribution is 2.56. The molecule has 3 fully saturated rings. The van der Waals surface area contributed by atoms with Gasteiger partial charge in [-0.2, -0.15) is 4.31 Å². The van der Waals surface area contributed by atoms with Crippen LogP contribution >= 0.6 is 0 Å². The molecular formula is C20H21N3O4S. The molecule has 3 aliphatic rings. The number of aliphatic hydroxyl groups is 1. The van der Waals surface area contributed by atoms with Crippen LogP contribution in [0.15, 0.2) is 53.6 Å². The lowest BCUT2D eigenvalue weighted by Gasteiger charge is -2.28. The first-order chi connectivity index (χ1) is 13.4. The molecule has 2 saturated carbocycles. The van der Waals surface area contributed by atoms with Gasteiger partial charge in [-0.1, -0.05) is 6.07 Å². The number of hydrogen-bond donors (Lipinski definition) is 2. The summed E-state index contributed by atoms with van der Waals surface area (Å²) in [6, 6.07) is 10.9. The third-order valence-corrected chi connectivity index (χ3v) is 8.30. The summed E-state index contributed by atoms with van der Waals surface area (Å²) < 4.78 is 27.8. The quantitative estimate of drug-likeness (QED) is 0.816. The van der Waals surface area contributed by atoms with Crippen LogP contribution in [0.1, 0.15) is 23.3 Å². The van der Waals surface area contributed by atoms with E-state index in [0.717, 1.165) is 12.8 Å². The van der Waals surface area contributed by atoms with Crippen LogP contribution in [0.3, 0.4) is 0 Å². The van der Waals surface area contributed by atoms with Gasteiger partial charge in [0.15, 0.2) is 0 Å². The number of hydrogen-bond acceptors (Lipinski definition) is 5. The number of carbonyl (C=O) groups excluding carboxylic acids is 1. The lowest BCUT2D eigenvalue weighted by Crippen LogP contribution is -2.43. The molecule has 8 heteroatoms. The van der Waals surface area contributed by atoms with Crippen LogP contribution in [0.2, 0.25) is 0 Å². The van der Waals surface area contributed by atoms with Crippen LogP contribution < -0.4 is 5.32 Å². The van der Waals surface area contributed by atoms with E-state index < -0.39 is 16.1 Å². The first-order valence-electron chi connectivity index (χ1n) is 9.47. The second-order valence-corrected chi connectivity index (χ2v) is 9.80. The monoisotopic (exact) mass is 399 g/mol. The van der Waals surface area contributed by atoms with E-state index >= 15 is 0 Å². The molecule has 1 saturated heterocycles. The Balaban J connectivity index is 1.35. The molecule has 1 amide bonds. The van der Waals surface area contributed by atoms with E-state index in [-0.39, 0.29) is 34.4 Å². The minimum atomic E-state index is -3.68. The van der Waals surface area contributed by atoms with Crippen LogP contribution in [-0.2, 0) is 10.0 Å². The fraction of sp³-hybridized carbons (Fsp3) is 0.400. The minimum Gasteiger partial charge on any atom is -0.391 e. The van der Waals surface area contributed by atoms with Crippen molar-refractivity contribution in [3.8, 4) is 0 Å². The number of aromatic nitrogens is 1. The lowest BCUT2D eigenvalue weighted by atomic mass is 9.88. The molecule has 2 bridgehead atoms. The molecule has 2 aromatic rings. The molecule has 0 unspecified atom stereocenters. The van der Waals surface area contributed by atoms with Gasteiger partial charge >= 0.3 is 0 Å². The van der Waals surface area contributed by atoms with Gasteiger partial charge in [0, 0.05) is 18.4 Å². The predicted molar refractivity (Wildman–Crippen MR) is 102 cm³/mol. The van der Waals surface area contributed by atoms with Crippen molar-refractivity contribution in [1.82, 2.24) is 9.29 Å². The minimum absolute atomic E-state index is 0.181. The molecule has 2 heterocycles.